The number of aromatic nitrogens is 3. The molecule has 4 rings (SSSR count). The van der Waals surface area contributed by atoms with E-state index in [4.69, 9.17) is 4.74 Å². The van der Waals surface area contributed by atoms with Gasteiger partial charge in [0.15, 0.2) is 17.5 Å². The Morgan fingerprint density at radius 3 is 1.71 bits per heavy atom. The van der Waals surface area contributed by atoms with Crippen LogP contribution < -0.4 is 4.74 Å². The Bertz CT molecular complexity index is 1110. The molecule has 6 nitrogen and oxygen atoms in total. The van der Waals surface area contributed by atoms with Gasteiger partial charge < -0.3 is 14.9 Å². The molecule has 0 saturated heterocycles. The number of hydrogen-bond acceptors (Lipinski definition) is 6. The number of hydrogen-bond donors (Lipinski definition) is 2. The van der Waals surface area contributed by atoms with E-state index in [2.05, 4.69) is 21.9 Å². The lowest BCUT2D eigenvalue weighted by Gasteiger charge is -2.10. The van der Waals surface area contributed by atoms with Crippen molar-refractivity contribution in [3.63, 3.8) is 0 Å². The van der Waals surface area contributed by atoms with E-state index in [1.807, 2.05) is 24.3 Å². The summed E-state index contributed by atoms with van der Waals surface area (Å²) in [4.78, 5) is 13.7. The van der Waals surface area contributed by atoms with Crippen molar-refractivity contribution < 1.29 is 14.9 Å². The van der Waals surface area contributed by atoms with Gasteiger partial charge in [0, 0.05) is 5.56 Å². The van der Waals surface area contributed by atoms with Crippen molar-refractivity contribution in [3.05, 3.63) is 72.8 Å². The summed E-state index contributed by atoms with van der Waals surface area (Å²) < 4.78 is 5.74. The van der Waals surface area contributed by atoms with Crippen LogP contribution in [0.15, 0.2) is 72.8 Å². The van der Waals surface area contributed by atoms with E-state index < -0.39 is 0 Å². The highest BCUT2D eigenvalue weighted by atomic mass is 16.5. The van der Waals surface area contributed by atoms with Gasteiger partial charge in [-0.05, 0) is 55.0 Å². The molecule has 0 spiro atoms. The largest absolute Gasteiger partial charge is 0.507 e. The summed E-state index contributed by atoms with van der Waals surface area (Å²) in [6, 6.07) is 21.3. The monoisotopic (exact) mass is 413 g/mol. The van der Waals surface area contributed by atoms with Gasteiger partial charge in [-0.1, -0.05) is 37.6 Å². The van der Waals surface area contributed by atoms with Crippen LogP contribution in [0.1, 0.15) is 19.8 Å². The fraction of sp³-hybridized carbons (Fsp3) is 0.160. The highest BCUT2D eigenvalue weighted by Gasteiger charge is 2.16. The van der Waals surface area contributed by atoms with Gasteiger partial charge in [-0.15, -0.1) is 0 Å². The van der Waals surface area contributed by atoms with Crippen LogP contribution in [-0.4, -0.2) is 31.8 Å². The summed E-state index contributed by atoms with van der Waals surface area (Å²) in [6.45, 7) is 2.80. The van der Waals surface area contributed by atoms with Crippen LogP contribution in [0.25, 0.3) is 34.2 Å². The summed E-state index contributed by atoms with van der Waals surface area (Å²) in [5.41, 5.74) is 1.75. The number of rotatable bonds is 7. The van der Waals surface area contributed by atoms with Crippen molar-refractivity contribution in [3.8, 4) is 51.4 Å². The van der Waals surface area contributed by atoms with E-state index in [-0.39, 0.29) is 11.5 Å². The zero-order valence-electron chi connectivity index (χ0n) is 17.2. The molecule has 0 radical (unpaired) electrons. The zero-order chi connectivity index (χ0) is 21.6. The Balaban J connectivity index is 1.79. The summed E-state index contributed by atoms with van der Waals surface area (Å²) >= 11 is 0. The van der Waals surface area contributed by atoms with Crippen LogP contribution in [0.4, 0.5) is 0 Å². The number of ether oxygens (including phenoxy) is 1. The standard InChI is InChI=1S/C25H23N3O3/c1-2-3-16-31-18-14-12-17(13-15-18)23-26-24(19-8-4-6-10-21(19)29)28-25(27-23)20-9-5-7-11-22(20)30/h4-15,29-30H,2-3,16H2,1H3. The number of aromatic hydroxyl groups is 2. The maximum absolute atomic E-state index is 10.3. The minimum Gasteiger partial charge on any atom is -0.507 e. The average molecular weight is 413 g/mol. The fourth-order valence-electron chi connectivity index (χ4n) is 3.11. The van der Waals surface area contributed by atoms with Crippen molar-refractivity contribution in [2.24, 2.45) is 0 Å². The fourth-order valence-corrected chi connectivity index (χ4v) is 3.11. The molecular formula is C25H23N3O3. The lowest BCUT2D eigenvalue weighted by molar-refractivity contribution is 0.309. The first-order valence-electron chi connectivity index (χ1n) is 10.2. The van der Waals surface area contributed by atoms with E-state index in [1.165, 1.54) is 0 Å². The van der Waals surface area contributed by atoms with Crippen LogP contribution in [-0.2, 0) is 0 Å². The number of benzene rings is 3. The van der Waals surface area contributed by atoms with E-state index in [0.29, 0.717) is 35.2 Å². The Kier molecular flexibility index (Phi) is 6.08. The highest BCUT2D eigenvalue weighted by Crippen LogP contribution is 2.32. The molecule has 1 aromatic heterocycles. The predicted molar refractivity (Wildman–Crippen MR) is 120 cm³/mol. The number of phenols is 2. The van der Waals surface area contributed by atoms with Gasteiger partial charge in [0.2, 0.25) is 0 Å². The molecule has 0 fully saturated rings. The second-order valence-corrected chi connectivity index (χ2v) is 7.07. The molecule has 2 N–H and O–H groups in total. The van der Waals surface area contributed by atoms with Gasteiger partial charge in [0.05, 0.1) is 17.7 Å². The van der Waals surface area contributed by atoms with Crippen LogP contribution in [0.2, 0.25) is 0 Å². The quantitative estimate of drug-likeness (QED) is 0.391. The van der Waals surface area contributed by atoms with Crippen molar-refractivity contribution in [1.82, 2.24) is 15.0 Å². The SMILES string of the molecule is CCCCOc1ccc(-c2nc(-c3ccccc3O)nc(-c3ccccc3O)n2)cc1. The summed E-state index contributed by atoms with van der Waals surface area (Å²) in [5.74, 6) is 2.01. The second-order valence-electron chi connectivity index (χ2n) is 7.07. The predicted octanol–water partition coefficient (Wildman–Crippen LogP) is 5.46. The maximum Gasteiger partial charge on any atom is 0.167 e. The van der Waals surface area contributed by atoms with E-state index in [9.17, 15) is 10.2 Å². The van der Waals surface area contributed by atoms with E-state index in [1.54, 1.807) is 48.5 Å². The lowest BCUT2D eigenvalue weighted by Crippen LogP contribution is -2.01. The summed E-state index contributed by atoms with van der Waals surface area (Å²) in [7, 11) is 0. The highest BCUT2D eigenvalue weighted by molar-refractivity contribution is 5.71. The normalized spacial score (nSPS) is 10.7. The van der Waals surface area contributed by atoms with E-state index in [0.717, 1.165) is 24.2 Å². The molecular weight excluding hydrogens is 390 g/mol. The van der Waals surface area contributed by atoms with Crippen LogP contribution in [0.3, 0.4) is 0 Å². The second kappa shape index (κ2) is 9.26. The minimum atomic E-state index is 0.0718. The first-order chi connectivity index (χ1) is 15.2. The van der Waals surface area contributed by atoms with Gasteiger partial charge >= 0.3 is 0 Å². The van der Waals surface area contributed by atoms with Gasteiger partial charge in [0.25, 0.3) is 0 Å². The topological polar surface area (TPSA) is 88.4 Å². The van der Waals surface area contributed by atoms with Crippen molar-refractivity contribution in [2.75, 3.05) is 6.61 Å². The third kappa shape index (κ3) is 4.64. The lowest BCUT2D eigenvalue weighted by atomic mass is 10.1. The molecule has 0 bridgehead atoms. The molecule has 6 heteroatoms. The first-order valence-corrected chi connectivity index (χ1v) is 10.2. The van der Waals surface area contributed by atoms with Crippen molar-refractivity contribution in [2.45, 2.75) is 19.8 Å². The average Bonchev–Trinajstić information content (AvgIpc) is 2.80. The zero-order valence-corrected chi connectivity index (χ0v) is 17.2. The van der Waals surface area contributed by atoms with Gasteiger partial charge in [-0.2, -0.15) is 0 Å². The molecule has 156 valence electrons. The van der Waals surface area contributed by atoms with Crippen molar-refractivity contribution >= 4 is 0 Å². The number of nitrogens with zero attached hydrogens (tertiary/aromatic N) is 3. The minimum absolute atomic E-state index is 0.0718. The molecule has 0 aliphatic heterocycles. The van der Waals surface area contributed by atoms with Crippen LogP contribution in [0, 0.1) is 0 Å². The molecule has 0 unspecified atom stereocenters. The molecule has 0 aliphatic carbocycles. The third-order valence-electron chi connectivity index (χ3n) is 4.80. The first kappa shape index (κ1) is 20.3. The molecule has 0 aliphatic rings. The van der Waals surface area contributed by atoms with Gasteiger partial charge in [-0.3, -0.25) is 0 Å². The van der Waals surface area contributed by atoms with Crippen LogP contribution in [0.5, 0.6) is 17.2 Å². The van der Waals surface area contributed by atoms with Crippen molar-refractivity contribution in [1.29, 1.82) is 0 Å². The molecule has 4 aromatic rings. The number of para-hydroxylation sites is 2. The Labute approximate surface area is 180 Å². The Hall–Kier alpha value is -3.93. The smallest absolute Gasteiger partial charge is 0.167 e. The van der Waals surface area contributed by atoms with Gasteiger partial charge in [-0.25, -0.2) is 15.0 Å². The van der Waals surface area contributed by atoms with Crippen LogP contribution >= 0.6 is 0 Å². The Morgan fingerprint density at radius 1 is 0.677 bits per heavy atom. The van der Waals surface area contributed by atoms with E-state index >= 15 is 0 Å². The molecule has 0 saturated carbocycles. The number of unbranched alkanes of at least 4 members (excludes halogenated alkanes) is 1. The molecule has 1 heterocycles. The molecule has 3 aromatic carbocycles. The molecule has 0 atom stereocenters. The molecule has 31 heavy (non-hydrogen) atoms. The number of phenolic OH excluding ortho intramolecular Hbond substituents is 2. The van der Waals surface area contributed by atoms with Gasteiger partial charge in [0.1, 0.15) is 17.2 Å². The summed E-state index contributed by atoms with van der Waals surface area (Å²) in [5, 5.41) is 20.6. The maximum atomic E-state index is 10.3. The molecule has 0 amide bonds. The third-order valence-corrected chi connectivity index (χ3v) is 4.80. The Morgan fingerprint density at radius 2 is 1.19 bits per heavy atom. The summed E-state index contributed by atoms with van der Waals surface area (Å²) in [6.07, 6.45) is 2.08.